The number of esters is 1. The van der Waals surface area contributed by atoms with Crippen molar-refractivity contribution in [1.29, 1.82) is 0 Å². The molecule has 4 unspecified atom stereocenters. The average Bonchev–Trinajstić information content (AvgIpc) is 2.37. The van der Waals surface area contributed by atoms with Crippen LogP contribution < -0.4 is 5.32 Å². The molecule has 8 nitrogen and oxygen atoms in total. The zero-order valence-corrected chi connectivity index (χ0v) is 14.1. The van der Waals surface area contributed by atoms with E-state index in [0.717, 1.165) is 0 Å². The topological polar surface area (TPSA) is 108 Å². The van der Waals surface area contributed by atoms with Crippen molar-refractivity contribution in [2.24, 2.45) is 11.8 Å². The molecule has 0 aliphatic heterocycles. The highest BCUT2D eigenvalue weighted by Gasteiger charge is 2.48. The van der Waals surface area contributed by atoms with E-state index in [1.807, 2.05) is 0 Å². The lowest BCUT2D eigenvalue weighted by Gasteiger charge is -2.32. The van der Waals surface area contributed by atoms with E-state index in [0.29, 0.717) is 0 Å². The zero-order valence-electron chi connectivity index (χ0n) is 14.1. The Morgan fingerprint density at radius 3 is 2.39 bits per heavy atom. The Morgan fingerprint density at radius 2 is 1.91 bits per heavy atom. The van der Waals surface area contributed by atoms with Crippen LogP contribution in [0.1, 0.15) is 34.6 Å². The van der Waals surface area contributed by atoms with E-state index in [4.69, 9.17) is 9.47 Å². The molecule has 0 fully saturated rings. The molecule has 0 saturated carbocycles. The SMILES string of the molecule is CCOC(=O)C1C(C)C=CC(NC(=O)OC(C)(C)C)C1[N+](=O)[O-]. The third kappa shape index (κ3) is 5.22. The van der Waals surface area contributed by atoms with Gasteiger partial charge in [-0.3, -0.25) is 14.9 Å². The second kappa shape index (κ2) is 7.43. The lowest BCUT2D eigenvalue weighted by molar-refractivity contribution is -0.534. The molecule has 1 amide bonds. The molecule has 0 bridgehead atoms. The number of amides is 1. The fourth-order valence-electron chi connectivity index (χ4n) is 2.49. The first-order chi connectivity index (χ1) is 10.6. The Hall–Kier alpha value is -2.12. The number of nitrogens with one attached hydrogen (secondary N) is 1. The predicted molar refractivity (Wildman–Crippen MR) is 82.4 cm³/mol. The van der Waals surface area contributed by atoms with E-state index in [1.165, 1.54) is 6.08 Å². The number of carbonyl (C=O) groups excluding carboxylic acids is 2. The molecule has 0 spiro atoms. The number of nitro groups is 1. The molecule has 0 aromatic carbocycles. The van der Waals surface area contributed by atoms with E-state index in [-0.39, 0.29) is 12.5 Å². The summed E-state index contributed by atoms with van der Waals surface area (Å²) in [6, 6.07) is -2.24. The number of nitrogens with zero attached hydrogens (tertiary/aromatic N) is 1. The van der Waals surface area contributed by atoms with Crippen molar-refractivity contribution in [2.75, 3.05) is 6.61 Å². The minimum Gasteiger partial charge on any atom is -0.466 e. The highest BCUT2D eigenvalue weighted by Crippen LogP contribution is 2.28. The molecule has 130 valence electrons. The molecule has 4 atom stereocenters. The number of allylic oxidation sites excluding steroid dienone is 1. The largest absolute Gasteiger partial charge is 0.466 e. The summed E-state index contributed by atoms with van der Waals surface area (Å²) in [5.74, 6) is -1.96. The van der Waals surface area contributed by atoms with Gasteiger partial charge in [0.15, 0.2) is 0 Å². The van der Waals surface area contributed by atoms with Crippen molar-refractivity contribution < 1.29 is 24.0 Å². The van der Waals surface area contributed by atoms with Crippen LogP contribution in [0.25, 0.3) is 0 Å². The first-order valence-electron chi connectivity index (χ1n) is 7.54. The van der Waals surface area contributed by atoms with Gasteiger partial charge in [0.25, 0.3) is 0 Å². The summed E-state index contributed by atoms with van der Waals surface area (Å²) >= 11 is 0. The van der Waals surface area contributed by atoms with Gasteiger partial charge in [-0.15, -0.1) is 0 Å². The quantitative estimate of drug-likeness (QED) is 0.365. The van der Waals surface area contributed by atoms with Gasteiger partial charge < -0.3 is 14.8 Å². The molecule has 1 N–H and O–H groups in total. The third-order valence-corrected chi connectivity index (χ3v) is 3.41. The van der Waals surface area contributed by atoms with Crippen LogP contribution in [0.2, 0.25) is 0 Å². The van der Waals surface area contributed by atoms with Crippen molar-refractivity contribution in [3.8, 4) is 0 Å². The Labute approximate surface area is 135 Å². The summed E-state index contributed by atoms with van der Waals surface area (Å²) < 4.78 is 10.1. The molecule has 1 aliphatic rings. The fourth-order valence-corrected chi connectivity index (χ4v) is 2.49. The van der Waals surface area contributed by atoms with Crippen molar-refractivity contribution in [3.63, 3.8) is 0 Å². The Bertz CT molecular complexity index is 497. The highest BCUT2D eigenvalue weighted by atomic mass is 16.6. The maximum absolute atomic E-state index is 12.1. The van der Waals surface area contributed by atoms with Crippen molar-refractivity contribution >= 4 is 12.1 Å². The minimum absolute atomic E-state index is 0.139. The number of ether oxygens (including phenoxy) is 2. The molecular weight excluding hydrogens is 304 g/mol. The molecule has 0 radical (unpaired) electrons. The molecule has 8 heteroatoms. The van der Waals surface area contributed by atoms with Gasteiger partial charge in [0.05, 0.1) is 6.61 Å². The van der Waals surface area contributed by atoms with Crippen LogP contribution in [0, 0.1) is 22.0 Å². The van der Waals surface area contributed by atoms with Crippen molar-refractivity contribution in [1.82, 2.24) is 5.32 Å². The monoisotopic (exact) mass is 328 g/mol. The van der Waals surface area contributed by atoms with Crippen LogP contribution >= 0.6 is 0 Å². The normalized spacial score (nSPS) is 27.2. The van der Waals surface area contributed by atoms with Crippen molar-refractivity contribution in [3.05, 3.63) is 22.3 Å². The van der Waals surface area contributed by atoms with E-state index in [2.05, 4.69) is 5.32 Å². The summed E-state index contributed by atoms with van der Waals surface area (Å²) in [7, 11) is 0. The third-order valence-electron chi connectivity index (χ3n) is 3.41. The molecule has 23 heavy (non-hydrogen) atoms. The first-order valence-corrected chi connectivity index (χ1v) is 7.54. The summed E-state index contributed by atoms with van der Waals surface area (Å²) in [6.45, 7) is 8.56. The summed E-state index contributed by atoms with van der Waals surface area (Å²) in [5.41, 5.74) is -0.722. The summed E-state index contributed by atoms with van der Waals surface area (Å²) in [6.07, 6.45) is 2.43. The Balaban J connectivity index is 2.98. The van der Waals surface area contributed by atoms with Crippen LogP contribution in [0.5, 0.6) is 0 Å². The second-order valence-corrected chi connectivity index (χ2v) is 6.47. The van der Waals surface area contributed by atoms with Gasteiger partial charge in [-0.2, -0.15) is 0 Å². The molecule has 1 rings (SSSR count). The van der Waals surface area contributed by atoms with Crippen LogP contribution in [0.15, 0.2) is 12.2 Å². The summed E-state index contributed by atoms with van der Waals surface area (Å²) in [5, 5.41) is 13.9. The van der Waals surface area contributed by atoms with Crippen LogP contribution in [0.4, 0.5) is 4.79 Å². The summed E-state index contributed by atoms with van der Waals surface area (Å²) in [4.78, 5) is 34.9. The number of rotatable bonds is 4. The molecule has 0 saturated heterocycles. The smallest absolute Gasteiger partial charge is 0.408 e. The Morgan fingerprint density at radius 1 is 1.30 bits per heavy atom. The number of hydrogen-bond acceptors (Lipinski definition) is 6. The number of carbonyl (C=O) groups is 2. The maximum Gasteiger partial charge on any atom is 0.408 e. The van der Waals surface area contributed by atoms with Gasteiger partial charge in [-0.1, -0.05) is 19.1 Å². The lowest BCUT2D eigenvalue weighted by Crippen LogP contribution is -2.55. The number of hydrogen-bond donors (Lipinski definition) is 1. The highest BCUT2D eigenvalue weighted by molar-refractivity contribution is 5.75. The second-order valence-electron chi connectivity index (χ2n) is 6.47. The van der Waals surface area contributed by atoms with Crippen LogP contribution in [-0.4, -0.2) is 41.3 Å². The lowest BCUT2D eigenvalue weighted by atomic mass is 9.79. The van der Waals surface area contributed by atoms with Gasteiger partial charge in [0.1, 0.15) is 17.6 Å². The molecule has 0 aromatic rings. The van der Waals surface area contributed by atoms with Crippen LogP contribution in [-0.2, 0) is 14.3 Å². The van der Waals surface area contributed by atoms with Gasteiger partial charge in [-0.25, -0.2) is 4.79 Å². The zero-order chi connectivity index (χ0) is 17.8. The van der Waals surface area contributed by atoms with Gasteiger partial charge >= 0.3 is 12.1 Å². The molecule has 0 heterocycles. The van der Waals surface area contributed by atoms with E-state index < -0.39 is 40.6 Å². The predicted octanol–water partition coefficient (Wildman–Crippen LogP) is 1.91. The fraction of sp³-hybridized carbons (Fsp3) is 0.733. The van der Waals surface area contributed by atoms with E-state index in [9.17, 15) is 19.7 Å². The minimum atomic E-state index is -1.30. The van der Waals surface area contributed by atoms with Crippen LogP contribution in [0.3, 0.4) is 0 Å². The van der Waals surface area contributed by atoms with Gasteiger partial charge in [0, 0.05) is 4.92 Å². The van der Waals surface area contributed by atoms with Gasteiger partial charge in [0.2, 0.25) is 6.04 Å². The number of alkyl carbamates (subject to hydrolysis) is 1. The van der Waals surface area contributed by atoms with E-state index in [1.54, 1.807) is 40.7 Å². The first kappa shape index (κ1) is 18.9. The molecular formula is C15H24N2O6. The maximum atomic E-state index is 12.1. The molecule has 1 aliphatic carbocycles. The Kier molecular flexibility index (Phi) is 6.12. The van der Waals surface area contributed by atoms with Crippen molar-refractivity contribution in [2.45, 2.75) is 52.3 Å². The molecule has 0 aromatic heterocycles. The average molecular weight is 328 g/mol. The standard InChI is InChI=1S/C15H24N2O6/c1-6-22-13(18)11-9(2)7-8-10(12(11)17(20)21)16-14(19)23-15(3,4)5/h7-12H,6H2,1-5H3,(H,16,19). The van der Waals surface area contributed by atoms with Gasteiger partial charge in [-0.05, 0) is 33.6 Å². The van der Waals surface area contributed by atoms with E-state index >= 15 is 0 Å².